The van der Waals surface area contributed by atoms with Crippen LogP contribution in [0.4, 0.5) is 0 Å². The van der Waals surface area contributed by atoms with Crippen molar-refractivity contribution in [3.8, 4) is 0 Å². The van der Waals surface area contributed by atoms with E-state index in [1.807, 2.05) is 6.92 Å². The summed E-state index contributed by atoms with van der Waals surface area (Å²) in [6.07, 6.45) is 5.53. The summed E-state index contributed by atoms with van der Waals surface area (Å²) in [4.78, 5) is 0. The lowest BCUT2D eigenvalue weighted by Crippen LogP contribution is -2.42. The molecular formula is C11H21NO. The average molecular weight is 183 g/mol. The van der Waals surface area contributed by atoms with Crippen molar-refractivity contribution in [1.82, 2.24) is 5.32 Å². The van der Waals surface area contributed by atoms with Gasteiger partial charge in [-0.2, -0.15) is 0 Å². The number of hydrogen-bond acceptors (Lipinski definition) is 2. The largest absolute Gasteiger partial charge is 0.389 e. The van der Waals surface area contributed by atoms with Crippen molar-refractivity contribution in [2.75, 3.05) is 13.1 Å². The molecule has 0 bridgehead atoms. The van der Waals surface area contributed by atoms with Crippen LogP contribution in [-0.2, 0) is 0 Å². The molecule has 1 saturated carbocycles. The Balaban J connectivity index is 2.21. The fraction of sp³-hybridized carbons (Fsp3) is 0.818. The van der Waals surface area contributed by atoms with Gasteiger partial charge in [-0.15, -0.1) is 0 Å². The molecule has 1 rings (SSSR count). The first-order valence-electron chi connectivity index (χ1n) is 5.20. The molecule has 0 radical (unpaired) electrons. The van der Waals surface area contributed by atoms with Crippen LogP contribution in [0.5, 0.6) is 0 Å². The Morgan fingerprint density at radius 3 is 2.54 bits per heavy atom. The number of hydrogen-bond donors (Lipinski definition) is 2. The van der Waals surface area contributed by atoms with E-state index in [2.05, 4.69) is 11.9 Å². The predicted octanol–water partition coefficient (Wildman–Crippen LogP) is 1.85. The summed E-state index contributed by atoms with van der Waals surface area (Å²) in [6, 6.07) is 0. The van der Waals surface area contributed by atoms with Gasteiger partial charge in [0.15, 0.2) is 0 Å². The van der Waals surface area contributed by atoms with Gasteiger partial charge in [0.1, 0.15) is 0 Å². The molecular weight excluding hydrogens is 162 g/mol. The van der Waals surface area contributed by atoms with Gasteiger partial charge in [-0.1, -0.05) is 31.4 Å². The minimum atomic E-state index is -0.437. The molecule has 0 aromatic carbocycles. The summed E-state index contributed by atoms with van der Waals surface area (Å²) in [5, 5.41) is 13.3. The highest BCUT2D eigenvalue weighted by Gasteiger charge is 2.28. The summed E-state index contributed by atoms with van der Waals surface area (Å²) < 4.78 is 0. The first-order chi connectivity index (χ1) is 6.12. The van der Waals surface area contributed by atoms with E-state index in [0.29, 0.717) is 0 Å². The minimum absolute atomic E-state index is 0.437. The second kappa shape index (κ2) is 4.77. The SMILES string of the molecule is C=C(C)CNCC1(O)CCCCC1. The Morgan fingerprint density at radius 2 is 2.00 bits per heavy atom. The van der Waals surface area contributed by atoms with Crippen LogP contribution in [-0.4, -0.2) is 23.8 Å². The molecule has 0 saturated heterocycles. The van der Waals surface area contributed by atoms with Crippen LogP contribution in [0.25, 0.3) is 0 Å². The lowest BCUT2D eigenvalue weighted by atomic mass is 9.85. The van der Waals surface area contributed by atoms with Crippen molar-refractivity contribution in [3.63, 3.8) is 0 Å². The van der Waals surface area contributed by atoms with E-state index >= 15 is 0 Å². The molecule has 2 nitrogen and oxygen atoms in total. The lowest BCUT2D eigenvalue weighted by Gasteiger charge is -2.32. The number of nitrogens with one attached hydrogen (secondary N) is 1. The van der Waals surface area contributed by atoms with E-state index in [9.17, 15) is 5.11 Å². The van der Waals surface area contributed by atoms with Gasteiger partial charge < -0.3 is 10.4 Å². The van der Waals surface area contributed by atoms with Crippen molar-refractivity contribution < 1.29 is 5.11 Å². The Bertz CT molecular complexity index is 171. The Morgan fingerprint density at radius 1 is 1.38 bits per heavy atom. The van der Waals surface area contributed by atoms with Gasteiger partial charge in [-0.05, 0) is 19.8 Å². The first-order valence-corrected chi connectivity index (χ1v) is 5.20. The fourth-order valence-electron chi connectivity index (χ4n) is 1.90. The van der Waals surface area contributed by atoms with E-state index < -0.39 is 5.60 Å². The summed E-state index contributed by atoms with van der Waals surface area (Å²) in [5.41, 5.74) is 0.688. The second-order valence-corrected chi connectivity index (χ2v) is 4.35. The van der Waals surface area contributed by atoms with E-state index in [0.717, 1.165) is 31.5 Å². The molecule has 76 valence electrons. The van der Waals surface area contributed by atoms with Gasteiger partial charge in [-0.25, -0.2) is 0 Å². The predicted molar refractivity (Wildman–Crippen MR) is 55.7 cm³/mol. The first kappa shape index (κ1) is 10.7. The monoisotopic (exact) mass is 183 g/mol. The van der Waals surface area contributed by atoms with Gasteiger partial charge >= 0.3 is 0 Å². The van der Waals surface area contributed by atoms with Crippen molar-refractivity contribution in [2.24, 2.45) is 0 Å². The molecule has 0 unspecified atom stereocenters. The van der Waals surface area contributed by atoms with Crippen LogP contribution in [0, 0.1) is 0 Å². The Kier molecular flexibility index (Phi) is 3.94. The summed E-state index contributed by atoms with van der Waals surface area (Å²) in [5.74, 6) is 0. The molecule has 2 N–H and O–H groups in total. The maximum atomic E-state index is 10.1. The summed E-state index contributed by atoms with van der Waals surface area (Å²) in [7, 11) is 0. The van der Waals surface area contributed by atoms with Gasteiger partial charge in [0.05, 0.1) is 5.60 Å². The molecule has 0 spiro atoms. The molecule has 1 aliphatic carbocycles. The maximum absolute atomic E-state index is 10.1. The highest BCUT2D eigenvalue weighted by molar-refractivity contribution is 4.92. The van der Waals surface area contributed by atoms with E-state index in [-0.39, 0.29) is 0 Å². The van der Waals surface area contributed by atoms with Crippen LogP contribution in [0.3, 0.4) is 0 Å². The second-order valence-electron chi connectivity index (χ2n) is 4.35. The highest BCUT2D eigenvalue weighted by atomic mass is 16.3. The van der Waals surface area contributed by atoms with Crippen LogP contribution < -0.4 is 5.32 Å². The normalized spacial score (nSPS) is 21.4. The molecule has 0 heterocycles. The van der Waals surface area contributed by atoms with Crippen molar-refractivity contribution in [3.05, 3.63) is 12.2 Å². The zero-order valence-corrected chi connectivity index (χ0v) is 8.60. The standard InChI is InChI=1S/C11H21NO/c1-10(2)8-12-9-11(13)6-4-3-5-7-11/h12-13H,1,3-9H2,2H3. The topological polar surface area (TPSA) is 32.3 Å². The third-order valence-corrected chi connectivity index (χ3v) is 2.67. The smallest absolute Gasteiger partial charge is 0.0771 e. The van der Waals surface area contributed by atoms with E-state index in [1.54, 1.807) is 0 Å². The minimum Gasteiger partial charge on any atom is -0.389 e. The van der Waals surface area contributed by atoms with Crippen LogP contribution in [0.2, 0.25) is 0 Å². The zero-order chi connectivity index (χ0) is 9.73. The van der Waals surface area contributed by atoms with Crippen LogP contribution in [0.15, 0.2) is 12.2 Å². The molecule has 0 atom stereocenters. The molecule has 0 aromatic heterocycles. The van der Waals surface area contributed by atoms with Gasteiger partial charge in [-0.3, -0.25) is 0 Å². The third kappa shape index (κ3) is 3.92. The van der Waals surface area contributed by atoms with Gasteiger partial charge in [0, 0.05) is 13.1 Å². The lowest BCUT2D eigenvalue weighted by molar-refractivity contribution is 0.00563. The number of aliphatic hydroxyl groups is 1. The quantitative estimate of drug-likeness (QED) is 0.652. The molecule has 0 aromatic rings. The summed E-state index contributed by atoms with van der Waals surface area (Å²) in [6.45, 7) is 7.36. The van der Waals surface area contributed by atoms with Gasteiger partial charge in [0.25, 0.3) is 0 Å². The molecule has 1 fully saturated rings. The van der Waals surface area contributed by atoms with Crippen molar-refractivity contribution in [1.29, 1.82) is 0 Å². The highest BCUT2D eigenvalue weighted by Crippen LogP contribution is 2.27. The van der Waals surface area contributed by atoms with Crippen molar-refractivity contribution >= 4 is 0 Å². The molecule has 13 heavy (non-hydrogen) atoms. The number of rotatable bonds is 4. The molecule has 0 aliphatic heterocycles. The van der Waals surface area contributed by atoms with E-state index in [1.165, 1.54) is 19.3 Å². The molecule has 0 amide bonds. The van der Waals surface area contributed by atoms with Crippen LogP contribution in [0.1, 0.15) is 39.0 Å². The average Bonchev–Trinajstić information content (AvgIpc) is 2.04. The maximum Gasteiger partial charge on any atom is 0.0771 e. The summed E-state index contributed by atoms with van der Waals surface area (Å²) >= 11 is 0. The third-order valence-electron chi connectivity index (χ3n) is 2.67. The Hall–Kier alpha value is -0.340. The Labute approximate surface area is 81.0 Å². The fourth-order valence-corrected chi connectivity index (χ4v) is 1.90. The van der Waals surface area contributed by atoms with Crippen molar-refractivity contribution in [2.45, 2.75) is 44.6 Å². The molecule has 1 aliphatic rings. The molecule has 2 heteroatoms. The van der Waals surface area contributed by atoms with Gasteiger partial charge in [0.2, 0.25) is 0 Å². The zero-order valence-electron chi connectivity index (χ0n) is 8.60. The van der Waals surface area contributed by atoms with E-state index in [4.69, 9.17) is 0 Å². The van der Waals surface area contributed by atoms with Crippen LogP contribution >= 0.6 is 0 Å².